The first-order valence-electron chi connectivity index (χ1n) is 2.74. The van der Waals surface area contributed by atoms with Crippen LogP contribution >= 0.6 is 0 Å². The minimum Gasteiger partial charge on any atom is -0.325 e. The van der Waals surface area contributed by atoms with E-state index in [0.29, 0.717) is 6.04 Å². The van der Waals surface area contributed by atoms with E-state index in [4.69, 9.17) is 12.2 Å². The van der Waals surface area contributed by atoms with Crippen LogP contribution in [0.4, 0.5) is 0 Å². The summed E-state index contributed by atoms with van der Waals surface area (Å²) in [4.78, 5) is 2.14. The first-order valence-corrected chi connectivity index (χ1v) is 2.74. The Morgan fingerprint density at radius 3 is 2.75 bits per heavy atom. The summed E-state index contributed by atoms with van der Waals surface area (Å²) >= 11 is 0. The van der Waals surface area contributed by atoms with Gasteiger partial charge in [-0.25, -0.2) is 0 Å². The highest BCUT2D eigenvalue weighted by molar-refractivity contribution is 4.94. The minimum atomic E-state index is 0.378. The highest BCUT2D eigenvalue weighted by atomic mass is 15.2. The van der Waals surface area contributed by atoms with Crippen molar-refractivity contribution in [2.24, 2.45) is 5.73 Å². The molecule has 1 saturated heterocycles. The Balaban J connectivity index is 2.09. The first kappa shape index (κ1) is 5.61. The largest absolute Gasteiger partial charge is 0.325 e. The molecule has 8 heavy (non-hydrogen) atoms. The summed E-state index contributed by atoms with van der Waals surface area (Å²) in [6, 6.07) is 0.378. The number of hydrogen-bond donors (Lipinski definition) is 1. The smallest absolute Gasteiger partial charge is 0.0600 e. The summed E-state index contributed by atoms with van der Waals surface area (Å²) < 4.78 is 0. The van der Waals surface area contributed by atoms with E-state index in [1.165, 1.54) is 0 Å². The number of likely N-dealkylation sites (tertiary alicyclic amines) is 1. The third-order valence-electron chi connectivity index (χ3n) is 1.30. The highest BCUT2D eigenvalue weighted by Gasteiger charge is 2.20. The molecule has 0 atom stereocenters. The van der Waals surface area contributed by atoms with E-state index >= 15 is 0 Å². The normalized spacial score (nSPS) is 22.0. The van der Waals surface area contributed by atoms with E-state index in [1.807, 2.05) is 0 Å². The zero-order valence-electron chi connectivity index (χ0n) is 4.80. The highest BCUT2D eigenvalue weighted by Crippen LogP contribution is 2.01. The summed E-state index contributed by atoms with van der Waals surface area (Å²) in [6.45, 7) is 2.71. The van der Waals surface area contributed by atoms with E-state index in [2.05, 4.69) is 10.8 Å². The Bertz CT molecular complexity index is 108. The lowest BCUT2D eigenvalue weighted by atomic mass is 10.1. The van der Waals surface area contributed by atoms with Gasteiger partial charge >= 0.3 is 0 Å². The molecule has 0 unspecified atom stereocenters. The lowest BCUT2D eigenvalue weighted by molar-refractivity contribution is 0.173. The van der Waals surface area contributed by atoms with Gasteiger partial charge < -0.3 is 5.73 Å². The molecule has 0 spiro atoms. The number of nitrogens with zero attached hydrogens (tertiary/aromatic N) is 1. The Kier molecular flexibility index (Phi) is 1.52. The predicted octanol–water partition coefficient (Wildman–Crippen LogP) is -0.737. The van der Waals surface area contributed by atoms with Gasteiger partial charge in [0.2, 0.25) is 0 Å². The molecule has 2 heteroatoms. The average molecular weight is 110 g/mol. The van der Waals surface area contributed by atoms with Crippen molar-refractivity contribution in [3.05, 3.63) is 0 Å². The molecule has 0 bridgehead atoms. The minimum absolute atomic E-state index is 0.378. The molecule has 0 saturated carbocycles. The molecule has 1 rings (SSSR count). The molecule has 2 N–H and O–H groups in total. The van der Waals surface area contributed by atoms with Crippen LogP contribution in [0.25, 0.3) is 0 Å². The fourth-order valence-corrected chi connectivity index (χ4v) is 0.868. The van der Waals surface area contributed by atoms with Crippen molar-refractivity contribution in [2.45, 2.75) is 6.04 Å². The van der Waals surface area contributed by atoms with Gasteiger partial charge in [0.15, 0.2) is 0 Å². The molecule has 1 heterocycles. The monoisotopic (exact) mass is 110 g/mol. The molecule has 2 nitrogen and oxygen atoms in total. The summed E-state index contributed by atoms with van der Waals surface area (Å²) in [6.07, 6.45) is 5.05. The van der Waals surface area contributed by atoms with Crippen molar-refractivity contribution in [2.75, 3.05) is 19.6 Å². The third kappa shape index (κ3) is 1.00. The molecule has 0 aliphatic carbocycles. The van der Waals surface area contributed by atoms with Crippen LogP contribution in [-0.4, -0.2) is 30.6 Å². The van der Waals surface area contributed by atoms with Crippen LogP contribution < -0.4 is 5.73 Å². The number of nitrogens with two attached hydrogens (primary N) is 1. The molecule has 1 aliphatic rings. The number of hydrogen-bond acceptors (Lipinski definition) is 2. The first-order chi connectivity index (χ1) is 3.83. The second-order valence-corrected chi connectivity index (χ2v) is 2.16. The molecule has 0 amide bonds. The molecule has 0 aromatic carbocycles. The molecule has 0 aromatic heterocycles. The number of rotatable bonds is 1. The van der Waals surface area contributed by atoms with Gasteiger partial charge in [-0.2, -0.15) is 0 Å². The van der Waals surface area contributed by atoms with Crippen LogP contribution in [0.2, 0.25) is 0 Å². The van der Waals surface area contributed by atoms with Crippen LogP contribution in [0, 0.1) is 12.3 Å². The fraction of sp³-hybridized carbons (Fsp3) is 0.667. The summed E-state index contributed by atoms with van der Waals surface area (Å²) in [5, 5.41) is 0. The van der Waals surface area contributed by atoms with Crippen molar-refractivity contribution < 1.29 is 0 Å². The van der Waals surface area contributed by atoms with Crippen LogP contribution in [0.5, 0.6) is 0 Å². The van der Waals surface area contributed by atoms with Crippen molar-refractivity contribution >= 4 is 0 Å². The van der Waals surface area contributed by atoms with E-state index in [-0.39, 0.29) is 0 Å². The quantitative estimate of drug-likeness (QED) is 0.451. The maximum atomic E-state index is 5.49. The second-order valence-electron chi connectivity index (χ2n) is 2.16. The van der Waals surface area contributed by atoms with E-state index in [1.54, 1.807) is 0 Å². The van der Waals surface area contributed by atoms with E-state index < -0.39 is 0 Å². The summed E-state index contributed by atoms with van der Waals surface area (Å²) in [7, 11) is 0. The lowest BCUT2D eigenvalue weighted by Crippen LogP contribution is -2.55. The van der Waals surface area contributed by atoms with Gasteiger partial charge in [0.05, 0.1) is 6.54 Å². The second kappa shape index (κ2) is 2.17. The zero-order chi connectivity index (χ0) is 5.98. The molecule has 44 valence electrons. The summed E-state index contributed by atoms with van der Waals surface area (Å²) in [5.74, 6) is 2.56. The summed E-state index contributed by atoms with van der Waals surface area (Å²) in [5.41, 5.74) is 5.49. The van der Waals surface area contributed by atoms with Crippen LogP contribution in [0.3, 0.4) is 0 Å². The van der Waals surface area contributed by atoms with Crippen molar-refractivity contribution in [1.82, 2.24) is 4.90 Å². The molecular formula is C6H10N2. The van der Waals surface area contributed by atoms with Crippen LogP contribution in [0.15, 0.2) is 0 Å². The van der Waals surface area contributed by atoms with Crippen molar-refractivity contribution in [3.8, 4) is 12.3 Å². The Hall–Kier alpha value is -0.520. The maximum absolute atomic E-state index is 5.49. The Morgan fingerprint density at radius 2 is 2.38 bits per heavy atom. The van der Waals surface area contributed by atoms with E-state index in [9.17, 15) is 0 Å². The molecule has 0 radical (unpaired) electrons. The topological polar surface area (TPSA) is 29.3 Å². The molecule has 0 aromatic rings. The van der Waals surface area contributed by atoms with Crippen molar-refractivity contribution in [1.29, 1.82) is 0 Å². The van der Waals surface area contributed by atoms with Gasteiger partial charge in [-0.1, -0.05) is 5.92 Å². The lowest BCUT2D eigenvalue weighted by Gasteiger charge is -2.35. The standard InChI is InChI=1S/C6H10N2/c1-2-3-8-4-6(7)5-8/h1,6H,3-5,7H2. The van der Waals surface area contributed by atoms with Gasteiger partial charge in [-0.05, 0) is 0 Å². The third-order valence-corrected chi connectivity index (χ3v) is 1.30. The average Bonchev–Trinajstić information content (AvgIpc) is 1.64. The van der Waals surface area contributed by atoms with Gasteiger partial charge in [-0.15, -0.1) is 6.42 Å². The molecule has 1 fully saturated rings. The predicted molar refractivity (Wildman–Crippen MR) is 33.2 cm³/mol. The number of terminal acetylenes is 1. The van der Waals surface area contributed by atoms with Crippen molar-refractivity contribution in [3.63, 3.8) is 0 Å². The van der Waals surface area contributed by atoms with Crippen LogP contribution in [-0.2, 0) is 0 Å². The van der Waals surface area contributed by atoms with Gasteiger partial charge in [0.25, 0.3) is 0 Å². The molecule has 1 aliphatic heterocycles. The SMILES string of the molecule is C#CCN1CC(N)C1. The van der Waals surface area contributed by atoms with Gasteiger partial charge in [-0.3, -0.25) is 4.90 Å². The zero-order valence-corrected chi connectivity index (χ0v) is 4.80. The Morgan fingerprint density at radius 1 is 1.75 bits per heavy atom. The van der Waals surface area contributed by atoms with Crippen LogP contribution in [0.1, 0.15) is 0 Å². The Labute approximate surface area is 49.7 Å². The molecular weight excluding hydrogens is 100 g/mol. The fourth-order valence-electron chi connectivity index (χ4n) is 0.868. The van der Waals surface area contributed by atoms with E-state index in [0.717, 1.165) is 19.6 Å². The van der Waals surface area contributed by atoms with Gasteiger partial charge in [0, 0.05) is 19.1 Å². The maximum Gasteiger partial charge on any atom is 0.0600 e. The van der Waals surface area contributed by atoms with Gasteiger partial charge in [0.1, 0.15) is 0 Å².